The number of ether oxygens (including phenoxy) is 1. The van der Waals surface area contributed by atoms with Gasteiger partial charge >= 0.3 is 0 Å². The van der Waals surface area contributed by atoms with Gasteiger partial charge in [0.2, 0.25) is 11.9 Å². The average molecular weight is 625 g/mol. The number of hydrogen-bond donors (Lipinski definition) is 2. The number of anilines is 6. The van der Waals surface area contributed by atoms with Crippen LogP contribution >= 0.6 is 27.9 Å². The predicted molar refractivity (Wildman–Crippen MR) is 165 cm³/mol. The number of carbonyl (C=O) groups is 1. The van der Waals surface area contributed by atoms with Gasteiger partial charge < -0.3 is 29.5 Å². The third kappa shape index (κ3) is 5.62. The standard InChI is InChI=1S/C27H30BrN9O2S/c1-35(2)15-23(38)37-11-8-16-12-22(39-4)20(13-21(16)37)33-27-31-14-17(28)26(34-27)32-19-7-6-18-24(30-10-9-29-18)25(19)36(3)40-5/h6-7,9-10,12-14H,8,11,15H2,1-5H3,(H2,31,32,33,34). The lowest BCUT2D eigenvalue weighted by Crippen LogP contribution is -2.36. The molecule has 4 aromatic rings. The van der Waals surface area contributed by atoms with Crippen molar-refractivity contribution in [3.63, 3.8) is 0 Å². The van der Waals surface area contributed by atoms with E-state index in [4.69, 9.17) is 9.72 Å². The van der Waals surface area contributed by atoms with Gasteiger partial charge in [-0.2, -0.15) is 4.98 Å². The van der Waals surface area contributed by atoms with Crippen LogP contribution in [0.4, 0.5) is 34.5 Å². The molecule has 0 radical (unpaired) electrons. The van der Waals surface area contributed by atoms with Crippen LogP contribution in [0, 0.1) is 0 Å². The molecule has 11 nitrogen and oxygen atoms in total. The van der Waals surface area contributed by atoms with Crippen LogP contribution in [0.5, 0.6) is 5.75 Å². The van der Waals surface area contributed by atoms with E-state index < -0.39 is 0 Å². The number of aromatic nitrogens is 4. The first-order valence-corrected chi connectivity index (χ1v) is 14.5. The van der Waals surface area contributed by atoms with Crippen LogP contribution < -0.4 is 24.6 Å². The molecule has 1 aliphatic heterocycles. The molecule has 2 N–H and O–H groups in total. The lowest BCUT2D eigenvalue weighted by Gasteiger charge is -2.22. The summed E-state index contributed by atoms with van der Waals surface area (Å²) >= 11 is 5.15. The molecule has 1 aliphatic rings. The summed E-state index contributed by atoms with van der Waals surface area (Å²) in [5.74, 6) is 1.64. The zero-order valence-corrected chi connectivity index (χ0v) is 25.3. The van der Waals surface area contributed by atoms with Gasteiger partial charge in [0, 0.05) is 44.1 Å². The molecule has 0 atom stereocenters. The van der Waals surface area contributed by atoms with E-state index in [1.807, 2.05) is 65.8 Å². The summed E-state index contributed by atoms with van der Waals surface area (Å²) in [6.07, 6.45) is 7.83. The average Bonchev–Trinajstić information content (AvgIpc) is 3.36. The number of rotatable bonds is 9. The Hall–Kier alpha value is -3.68. The smallest absolute Gasteiger partial charge is 0.241 e. The molecule has 208 valence electrons. The molecule has 2 aromatic carbocycles. The number of methoxy groups -OCH3 is 1. The van der Waals surface area contributed by atoms with Gasteiger partial charge in [0.05, 0.1) is 40.7 Å². The van der Waals surface area contributed by atoms with Gasteiger partial charge in [-0.15, -0.1) is 0 Å². The number of hydrogen-bond acceptors (Lipinski definition) is 11. The number of amides is 1. The highest BCUT2D eigenvalue weighted by molar-refractivity contribution is 9.10. The van der Waals surface area contributed by atoms with Crippen molar-refractivity contribution in [2.24, 2.45) is 0 Å². The predicted octanol–water partition coefficient (Wildman–Crippen LogP) is 4.84. The van der Waals surface area contributed by atoms with Crippen molar-refractivity contribution < 1.29 is 9.53 Å². The molecule has 2 aromatic heterocycles. The summed E-state index contributed by atoms with van der Waals surface area (Å²) < 4.78 is 8.40. The van der Waals surface area contributed by atoms with E-state index >= 15 is 0 Å². The first-order valence-electron chi connectivity index (χ1n) is 12.5. The summed E-state index contributed by atoms with van der Waals surface area (Å²) in [5, 5.41) is 6.73. The van der Waals surface area contributed by atoms with Crippen LogP contribution in [0.25, 0.3) is 11.0 Å². The molecule has 3 heterocycles. The third-order valence-corrected chi connectivity index (χ3v) is 7.81. The molecule has 40 heavy (non-hydrogen) atoms. The summed E-state index contributed by atoms with van der Waals surface area (Å²) in [6.45, 7) is 0.980. The molecule has 0 saturated carbocycles. The highest BCUT2D eigenvalue weighted by atomic mass is 79.9. The van der Waals surface area contributed by atoms with Gasteiger partial charge in [-0.1, -0.05) is 11.9 Å². The van der Waals surface area contributed by atoms with Crippen molar-refractivity contribution in [2.45, 2.75) is 6.42 Å². The molecule has 0 fully saturated rings. The van der Waals surface area contributed by atoms with Crippen LogP contribution in [-0.4, -0.2) is 78.3 Å². The van der Waals surface area contributed by atoms with Crippen molar-refractivity contribution in [1.82, 2.24) is 24.8 Å². The van der Waals surface area contributed by atoms with E-state index in [1.54, 1.807) is 37.6 Å². The number of halogens is 1. The molecule has 1 amide bonds. The minimum Gasteiger partial charge on any atom is -0.495 e. The minimum atomic E-state index is 0.0531. The van der Waals surface area contributed by atoms with Gasteiger partial charge in [0.1, 0.15) is 17.1 Å². The lowest BCUT2D eigenvalue weighted by atomic mass is 10.1. The number of benzene rings is 2. The van der Waals surface area contributed by atoms with E-state index in [1.165, 1.54) is 0 Å². The Kier molecular flexibility index (Phi) is 8.24. The Morgan fingerprint density at radius 1 is 1.12 bits per heavy atom. The number of fused-ring (bicyclic) bond motifs is 2. The maximum Gasteiger partial charge on any atom is 0.241 e. The fraction of sp³-hybridized carbons (Fsp3) is 0.296. The summed E-state index contributed by atoms with van der Waals surface area (Å²) in [7, 11) is 7.38. The second kappa shape index (κ2) is 11.8. The zero-order chi connectivity index (χ0) is 28.4. The Morgan fingerprint density at radius 3 is 2.67 bits per heavy atom. The SMILES string of the molecule is COc1cc2c(cc1Nc1ncc(Br)c(Nc3ccc4nccnc4c3N(C)SC)n1)N(C(=O)CN(C)C)CC2. The quantitative estimate of drug-likeness (QED) is 0.250. The number of likely N-dealkylation sites (N-methyl/N-ethyl adjacent to an activating group) is 1. The second-order valence-electron chi connectivity index (χ2n) is 9.42. The van der Waals surface area contributed by atoms with Gasteiger partial charge in [-0.25, -0.2) is 4.98 Å². The molecule has 0 bridgehead atoms. The molecule has 0 aliphatic carbocycles. The van der Waals surface area contributed by atoms with Gasteiger partial charge in [-0.3, -0.25) is 14.8 Å². The van der Waals surface area contributed by atoms with E-state index in [0.29, 0.717) is 40.8 Å². The van der Waals surface area contributed by atoms with Crippen LogP contribution in [0.2, 0.25) is 0 Å². The number of nitrogens with one attached hydrogen (secondary N) is 2. The largest absolute Gasteiger partial charge is 0.495 e. The normalized spacial score (nSPS) is 12.5. The van der Waals surface area contributed by atoms with Crippen molar-refractivity contribution in [1.29, 1.82) is 0 Å². The Morgan fingerprint density at radius 2 is 1.93 bits per heavy atom. The van der Waals surface area contributed by atoms with E-state index in [2.05, 4.69) is 41.5 Å². The van der Waals surface area contributed by atoms with Crippen LogP contribution in [0.1, 0.15) is 5.56 Å². The molecule has 0 unspecified atom stereocenters. The molecule has 0 spiro atoms. The van der Waals surface area contributed by atoms with Gasteiger partial charge in [-0.05, 0) is 66.3 Å². The minimum absolute atomic E-state index is 0.0531. The fourth-order valence-electron chi connectivity index (χ4n) is 4.59. The summed E-state index contributed by atoms with van der Waals surface area (Å²) in [6, 6.07) is 7.79. The maximum absolute atomic E-state index is 12.9. The van der Waals surface area contributed by atoms with E-state index in [9.17, 15) is 4.79 Å². The molecule has 0 saturated heterocycles. The van der Waals surface area contributed by atoms with E-state index in [-0.39, 0.29) is 5.91 Å². The highest BCUT2D eigenvalue weighted by Gasteiger charge is 2.27. The lowest BCUT2D eigenvalue weighted by molar-refractivity contribution is -0.119. The Labute approximate surface area is 245 Å². The number of nitrogens with zero attached hydrogens (tertiary/aromatic N) is 7. The Balaban J connectivity index is 1.47. The first-order chi connectivity index (χ1) is 19.3. The first kappa shape index (κ1) is 27.9. The number of carbonyl (C=O) groups excluding carboxylic acids is 1. The van der Waals surface area contributed by atoms with E-state index in [0.717, 1.165) is 40.1 Å². The zero-order valence-electron chi connectivity index (χ0n) is 22.9. The van der Waals surface area contributed by atoms with Crippen molar-refractivity contribution >= 4 is 79.3 Å². The Bertz CT molecular complexity index is 1570. The second-order valence-corrected chi connectivity index (χ2v) is 11.2. The molecular weight excluding hydrogens is 594 g/mol. The maximum atomic E-state index is 12.9. The monoisotopic (exact) mass is 623 g/mol. The van der Waals surface area contributed by atoms with Crippen LogP contribution in [0.15, 0.2) is 47.3 Å². The summed E-state index contributed by atoms with van der Waals surface area (Å²) in [4.78, 5) is 34.8. The van der Waals surface area contributed by atoms with Crippen LogP contribution in [0.3, 0.4) is 0 Å². The van der Waals surface area contributed by atoms with Crippen molar-refractivity contribution in [3.05, 3.63) is 52.9 Å². The molecular formula is C27H30BrN9O2S. The van der Waals surface area contributed by atoms with Crippen LogP contribution in [-0.2, 0) is 11.2 Å². The van der Waals surface area contributed by atoms with Crippen molar-refractivity contribution in [2.75, 3.05) is 67.4 Å². The topological polar surface area (TPSA) is 112 Å². The third-order valence-electron chi connectivity index (χ3n) is 6.50. The summed E-state index contributed by atoms with van der Waals surface area (Å²) in [5.41, 5.74) is 5.90. The molecule has 13 heteroatoms. The van der Waals surface area contributed by atoms with Gasteiger partial charge in [0.15, 0.2) is 0 Å². The van der Waals surface area contributed by atoms with Crippen molar-refractivity contribution in [3.8, 4) is 5.75 Å². The molecule has 5 rings (SSSR count). The van der Waals surface area contributed by atoms with Gasteiger partial charge in [0.25, 0.3) is 0 Å². The fourth-order valence-corrected chi connectivity index (χ4v) is 5.25. The highest BCUT2D eigenvalue weighted by Crippen LogP contribution is 2.40.